The zero-order valence-corrected chi connectivity index (χ0v) is 16.6. The minimum atomic E-state index is -0.788. The minimum Gasteiger partial charge on any atom is -0.497 e. The van der Waals surface area contributed by atoms with Crippen LogP contribution in [0.2, 0.25) is 0 Å². The second-order valence-electron chi connectivity index (χ2n) is 6.40. The van der Waals surface area contributed by atoms with Gasteiger partial charge in [-0.1, -0.05) is 0 Å². The molecule has 2 heterocycles. The van der Waals surface area contributed by atoms with E-state index in [4.69, 9.17) is 4.74 Å². The van der Waals surface area contributed by atoms with E-state index in [1.165, 1.54) is 0 Å². The number of aliphatic carboxylic acids is 1. The number of piperidine rings is 1. The van der Waals surface area contributed by atoms with Crippen molar-refractivity contribution >= 4 is 47.5 Å². The van der Waals surface area contributed by atoms with E-state index in [0.717, 1.165) is 23.9 Å². The van der Waals surface area contributed by atoms with E-state index >= 15 is 0 Å². The lowest BCUT2D eigenvalue weighted by molar-refractivity contribution is -0.144. The van der Waals surface area contributed by atoms with E-state index in [1.54, 1.807) is 19.4 Å². The third kappa shape index (κ3) is 5.31. The van der Waals surface area contributed by atoms with Gasteiger partial charge in [-0.25, -0.2) is 0 Å². The number of fused-ring (bicyclic) bond motifs is 1. The van der Waals surface area contributed by atoms with E-state index in [-0.39, 0.29) is 36.5 Å². The third-order valence-corrected chi connectivity index (χ3v) is 4.93. The molecule has 0 spiro atoms. The number of halogens is 2. The number of rotatable bonds is 6. The number of Topliss-reactive ketones (excluding diaryl/α,β-unsaturated/α-hetero) is 1. The number of carbonyl (C=O) groups excluding carboxylic acids is 1. The molecule has 2 aromatic rings. The van der Waals surface area contributed by atoms with Crippen LogP contribution in [0.5, 0.6) is 5.75 Å². The summed E-state index contributed by atoms with van der Waals surface area (Å²) >= 11 is 0. The summed E-state index contributed by atoms with van der Waals surface area (Å²) in [7, 11) is 1.59. The Labute approximate surface area is 170 Å². The Bertz CT molecular complexity index is 800. The van der Waals surface area contributed by atoms with Crippen LogP contribution in [0.1, 0.15) is 29.6 Å². The molecular formula is C19H24Cl2N2O4. The van der Waals surface area contributed by atoms with Crippen molar-refractivity contribution < 1.29 is 19.4 Å². The SMILES string of the molecule is COc1ccc2nccc(C(=O)CC[C@@H]3CCNC[C@@H]3C(=O)O)c2c1.Cl.Cl. The van der Waals surface area contributed by atoms with Crippen LogP contribution in [0, 0.1) is 11.8 Å². The summed E-state index contributed by atoms with van der Waals surface area (Å²) in [4.78, 5) is 28.4. The highest BCUT2D eigenvalue weighted by Gasteiger charge is 2.30. The minimum absolute atomic E-state index is 0. The fraction of sp³-hybridized carbons (Fsp3) is 0.421. The molecule has 27 heavy (non-hydrogen) atoms. The smallest absolute Gasteiger partial charge is 0.308 e. The Morgan fingerprint density at radius 3 is 2.78 bits per heavy atom. The lowest BCUT2D eigenvalue weighted by atomic mass is 9.82. The number of hydrogen-bond donors (Lipinski definition) is 2. The third-order valence-electron chi connectivity index (χ3n) is 4.93. The number of nitrogens with one attached hydrogen (secondary N) is 1. The van der Waals surface area contributed by atoms with Gasteiger partial charge in [-0.05, 0) is 49.6 Å². The highest BCUT2D eigenvalue weighted by atomic mass is 35.5. The van der Waals surface area contributed by atoms with E-state index < -0.39 is 11.9 Å². The Morgan fingerprint density at radius 1 is 1.30 bits per heavy atom. The van der Waals surface area contributed by atoms with Crippen molar-refractivity contribution in [3.8, 4) is 5.75 Å². The number of pyridine rings is 1. The van der Waals surface area contributed by atoms with Gasteiger partial charge in [-0.15, -0.1) is 24.8 Å². The summed E-state index contributed by atoms with van der Waals surface area (Å²) in [6.45, 7) is 1.28. The number of aromatic nitrogens is 1. The van der Waals surface area contributed by atoms with Crippen molar-refractivity contribution in [3.63, 3.8) is 0 Å². The molecule has 8 heteroatoms. The first-order chi connectivity index (χ1) is 12.1. The molecule has 1 aliphatic rings. The largest absolute Gasteiger partial charge is 0.497 e. The van der Waals surface area contributed by atoms with Crippen molar-refractivity contribution in [3.05, 3.63) is 36.0 Å². The maximum Gasteiger partial charge on any atom is 0.308 e. The molecule has 0 radical (unpaired) electrons. The van der Waals surface area contributed by atoms with Crippen LogP contribution in [0.15, 0.2) is 30.5 Å². The van der Waals surface area contributed by atoms with Crippen LogP contribution in [0.25, 0.3) is 10.9 Å². The van der Waals surface area contributed by atoms with Crippen LogP contribution >= 0.6 is 24.8 Å². The van der Waals surface area contributed by atoms with E-state index in [9.17, 15) is 14.7 Å². The van der Waals surface area contributed by atoms with Gasteiger partial charge in [0, 0.05) is 30.1 Å². The number of carboxylic acids is 1. The fourth-order valence-corrected chi connectivity index (χ4v) is 3.49. The molecule has 0 saturated carbocycles. The van der Waals surface area contributed by atoms with Crippen molar-refractivity contribution in [1.29, 1.82) is 0 Å². The number of hydrogen-bond acceptors (Lipinski definition) is 5. The summed E-state index contributed by atoms with van der Waals surface area (Å²) in [5, 5.41) is 13.2. The molecule has 148 valence electrons. The van der Waals surface area contributed by atoms with Gasteiger partial charge in [0.2, 0.25) is 0 Å². The summed E-state index contributed by atoms with van der Waals surface area (Å²) in [5.41, 5.74) is 1.36. The van der Waals surface area contributed by atoms with Gasteiger partial charge in [0.15, 0.2) is 5.78 Å². The quantitative estimate of drug-likeness (QED) is 0.704. The van der Waals surface area contributed by atoms with Gasteiger partial charge in [-0.3, -0.25) is 14.6 Å². The molecule has 0 amide bonds. The summed E-state index contributed by atoms with van der Waals surface area (Å²) in [5.74, 6) is -0.480. The summed E-state index contributed by atoms with van der Waals surface area (Å²) < 4.78 is 5.24. The number of carboxylic acid groups (broad SMARTS) is 1. The first-order valence-corrected chi connectivity index (χ1v) is 8.49. The second-order valence-corrected chi connectivity index (χ2v) is 6.40. The van der Waals surface area contributed by atoms with Crippen LogP contribution in [-0.2, 0) is 4.79 Å². The molecular weight excluding hydrogens is 391 g/mol. The van der Waals surface area contributed by atoms with E-state index in [0.29, 0.717) is 30.7 Å². The summed E-state index contributed by atoms with van der Waals surface area (Å²) in [6.07, 6.45) is 3.35. The van der Waals surface area contributed by atoms with Crippen molar-refractivity contribution in [2.75, 3.05) is 20.2 Å². The molecule has 0 aliphatic carbocycles. The molecule has 2 N–H and O–H groups in total. The molecule has 1 saturated heterocycles. The average Bonchev–Trinajstić information content (AvgIpc) is 2.65. The lowest BCUT2D eigenvalue weighted by Crippen LogP contribution is -2.41. The first kappa shape index (κ1) is 23.1. The van der Waals surface area contributed by atoms with Gasteiger partial charge >= 0.3 is 5.97 Å². The van der Waals surface area contributed by atoms with Crippen molar-refractivity contribution in [2.24, 2.45) is 11.8 Å². The number of ketones is 1. The number of methoxy groups -OCH3 is 1. The highest BCUT2D eigenvalue weighted by molar-refractivity contribution is 6.07. The molecule has 1 aliphatic heterocycles. The number of carbonyl (C=O) groups is 2. The monoisotopic (exact) mass is 414 g/mol. The Morgan fingerprint density at radius 2 is 2.07 bits per heavy atom. The first-order valence-electron chi connectivity index (χ1n) is 8.49. The molecule has 3 rings (SSSR count). The standard InChI is InChI=1S/C19H22N2O4.2ClH/c1-25-13-3-4-17-15(10-13)14(7-9-21-17)18(22)5-2-12-6-8-20-11-16(12)19(23)24;;/h3-4,7,9-10,12,16,20H,2,5-6,8,11H2,1H3,(H,23,24);2*1H/t12-,16+;;/m1../s1. The molecule has 1 aromatic carbocycles. The zero-order chi connectivity index (χ0) is 17.8. The Hall–Kier alpha value is -1.89. The van der Waals surface area contributed by atoms with Gasteiger partial charge in [0.25, 0.3) is 0 Å². The van der Waals surface area contributed by atoms with Crippen molar-refractivity contribution in [2.45, 2.75) is 19.3 Å². The fourth-order valence-electron chi connectivity index (χ4n) is 3.49. The Balaban J connectivity index is 0.00000182. The maximum absolute atomic E-state index is 12.7. The average molecular weight is 415 g/mol. The molecule has 2 atom stereocenters. The van der Waals surface area contributed by atoms with Gasteiger partial charge in [0.05, 0.1) is 18.5 Å². The predicted molar refractivity (Wildman–Crippen MR) is 108 cm³/mol. The zero-order valence-electron chi connectivity index (χ0n) is 15.0. The Kier molecular flexibility index (Phi) is 8.96. The molecule has 6 nitrogen and oxygen atoms in total. The number of nitrogens with zero attached hydrogens (tertiary/aromatic N) is 1. The lowest BCUT2D eigenvalue weighted by Gasteiger charge is -2.29. The number of benzene rings is 1. The normalized spacial score (nSPS) is 18.9. The summed E-state index contributed by atoms with van der Waals surface area (Å²) in [6, 6.07) is 7.19. The molecule has 1 aromatic heterocycles. The number of ether oxygens (including phenoxy) is 1. The van der Waals surface area contributed by atoms with Gasteiger partial charge < -0.3 is 15.2 Å². The predicted octanol–water partition coefficient (Wildman–Crippen LogP) is 3.36. The van der Waals surface area contributed by atoms with Crippen LogP contribution in [-0.4, -0.2) is 42.0 Å². The second kappa shape index (κ2) is 10.4. The maximum atomic E-state index is 12.7. The van der Waals surface area contributed by atoms with E-state index in [2.05, 4.69) is 10.3 Å². The van der Waals surface area contributed by atoms with Crippen LogP contribution < -0.4 is 10.1 Å². The molecule has 0 bridgehead atoms. The van der Waals surface area contributed by atoms with Gasteiger partial charge in [0.1, 0.15) is 5.75 Å². The van der Waals surface area contributed by atoms with Crippen LogP contribution in [0.3, 0.4) is 0 Å². The molecule has 0 unspecified atom stereocenters. The van der Waals surface area contributed by atoms with Crippen molar-refractivity contribution in [1.82, 2.24) is 10.3 Å². The molecule has 1 fully saturated rings. The van der Waals surface area contributed by atoms with E-state index in [1.807, 2.05) is 18.2 Å². The van der Waals surface area contributed by atoms with Crippen LogP contribution in [0.4, 0.5) is 0 Å². The topological polar surface area (TPSA) is 88.5 Å². The highest BCUT2D eigenvalue weighted by Crippen LogP contribution is 2.27. The van der Waals surface area contributed by atoms with Gasteiger partial charge in [-0.2, -0.15) is 0 Å².